The Labute approximate surface area is 162 Å². The molecule has 1 unspecified atom stereocenters. The van der Waals surface area contributed by atoms with Gasteiger partial charge in [-0.2, -0.15) is 0 Å². The molecule has 0 amide bonds. The van der Waals surface area contributed by atoms with Gasteiger partial charge in [0.1, 0.15) is 0 Å². The number of benzene rings is 2. The zero-order valence-electron chi connectivity index (χ0n) is 17.2. The van der Waals surface area contributed by atoms with Gasteiger partial charge in [0.15, 0.2) is 17.5 Å². The molecule has 5 heteroatoms. The van der Waals surface area contributed by atoms with Gasteiger partial charge >= 0.3 is 0 Å². The molecule has 0 aliphatic heterocycles. The van der Waals surface area contributed by atoms with Crippen molar-refractivity contribution < 1.29 is 9.47 Å². The van der Waals surface area contributed by atoms with Crippen LogP contribution in [0, 0.1) is 0 Å². The highest BCUT2D eigenvalue weighted by Crippen LogP contribution is 2.32. The van der Waals surface area contributed by atoms with Gasteiger partial charge in [-0.1, -0.05) is 50.2 Å². The van der Waals surface area contributed by atoms with Gasteiger partial charge in [0.05, 0.1) is 20.3 Å². The summed E-state index contributed by atoms with van der Waals surface area (Å²) in [6.45, 7) is 7.23. The second-order valence-corrected chi connectivity index (χ2v) is 7.16. The average Bonchev–Trinajstić information content (AvgIpc) is 2.70. The van der Waals surface area contributed by atoms with E-state index in [9.17, 15) is 0 Å². The lowest BCUT2D eigenvalue weighted by Gasteiger charge is -2.28. The van der Waals surface area contributed by atoms with E-state index in [1.54, 1.807) is 21.3 Å². The summed E-state index contributed by atoms with van der Waals surface area (Å²) in [5.74, 6) is 2.25. The number of hydrogen-bond acceptors (Lipinski definition) is 3. The third kappa shape index (κ3) is 5.39. The van der Waals surface area contributed by atoms with Crippen molar-refractivity contribution in [3.63, 3.8) is 0 Å². The standard InChI is InChI=1S/C22H31N3O2/c1-16(17-10-8-7-9-11-17)25-21(23-4)24-15-22(2,3)18-12-13-19(26-5)20(14-18)27-6/h7-14,16H,15H2,1-6H3,(H2,23,24,25). The molecule has 0 saturated heterocycles. The maximum absolute atomic E-state index is 5.44. The van der Waals surface area contributed by atoms with E-state index >= 15 is 0 Å². The Hall–Kier alpha value is -2.69. The highest BCUT2D eigenvalue weighted by Gasteiger charge is 2.23. The molecule has 27 heavy (non-hydrogen) atoms. The second-order valence-electron chi connectivity index (χ2n) is 7.16. The molecule has 0 radical (unpaired) electrons. The maximum atomic E-state index is 5.44. The Balaban J connectivity index is 2.04. The summed E-state index contributed by atoms with van der Waals surface area (Å²) in [7, 11) is 5.09. The number of nitrogens with one attached hydrogen (secondary N) is 2. The topological polar surface area (TPSA) is 54.9 Å². The predicted molar refractivity (Wildman–Crippen MR) is 112 cm³/mol. The van der Waals surface area contributed by atoms with Crippen LogP contribution < -0.4 is 20.1 Å². The van der Waals surface area contributed by atoms with E-state index in [-0.39, 0.29) is 11.5 Å². The summed E-state index contributed by atoms with van der Waals surface area (Å²) in [5, 5.41) is 6.88. The van der Waals surface area contributed by atoms with Gasteiger partial charge < -0.3 is 20.1 Å². The summed E-state index contributed by atoms with van der Waals surface area (Å²) in [5.41, 5.74) is 2.27. The fourth-order valence-corrected chi connectivity index (χ4v) is 2.89. The molecule has 5 nitrogen and oxygen atoms in total. The molecule has 2 aromatic carbocycles. The van der Waals surface area contributed by atoms with Gasteiger partial charge in [0.25, 0.3) is 0 Å². The summed E-state index contributed by atoms with van der Waals surface area (Å²) in [6, 6.07) is 16.6. The minimum absolute atomic E-state index is 0.118. The van der Waals surface area contributed by atoms with Crippen molar-refractivity contribution in [2.24, 2.45) is 4.99 Å². The SMILES string of the molecule is CN=C(NCC(C)(C)c1ccc(OC)c(OC)c1)NC(C)c1ccccc1. The number of aliphatic imine (C=N–C) groups is 1. The largest absolute Gasteiger partial charge is 0.493 e. The number of hydrogen-bond donors (Lipinski definition) is 2. The van der Waals surface area contributed by atoms with Gasteiger partial charge in [-0.05, 0) is 30.2 Å². The van der Waals surface area contributed by atoms with Crippen LogP contribution in [0.5, 0.6) is 11.5 Å². The first-order valence-corrected chi connectivity index (χ1v) is 9.16. The molecule has 0 aliphatic carbocycles. The van der Waals surface area contributed by atoms with E-state index in [0.29, 0.717) is 0 Å². The predicted octanol–water partition coefficient (Wildman–Crippen LogP) is 3.91. The zero-order valence-corrected chi connectivity index (χ0v) is 17.2. The van der Waals surface area contributed by atoms with Crippen molar-refractivity contribution in [2.45, 2.75) is 32.2 Å². The number of rotatable bonds is 7. The summed E-state index contributed by atoms with van der Waals surface area (Å²) < 4.78 is 10.8. The van der Waals surface area contributed by atoms with E-state index in [1.165, 1.54) is 11.1 Å². The smallest absolute Gasteiger partial charge is 0.191 e. The van der Waals surface area contributed by atoms with Crippen LogP contribution in [0.25, 0.3) is 0 Å². The van der Waals surface area contributed by atoms with Crippen LogP contribution in [-0.2, 0) is 5.41 Å². The number of ether oxygens (including phenoxy) is 2. The van der Waals surface area contributed by atoms with E-state index in [2.05, 4.69) is 54.6 Å². The Bertz CT molecular complexity index is 757. The Morgan fingerprint density at radius 3 is 2.30 bits per heavy atom. The van der Waals surface area contributed by atoms with Crippen molar-refractivity contribution in [2.75, 3.05) is 27.8 Å². The molecule has 2 aromatic rings. The second kappa shape index (κ2) is 9.31. The minimum atomic E-state index is -0.118. The first kappa shape index (κ1) is 20.6. The van der Waals surface area contributed by atoms with E-state index < -0.39 is 0 Å². The third-order valence-electron chi connectivity index (χ3n) is 4.74. The number of methoxy groups -OCH3 is 2. The van der Waals surface area contributed by atoms with Crippen molar-refractivity contribution >= 4 is 5.96 Å². The molecule has 0 bridgehead atoms. The molecular weight excluding hydrogens is 338 g/mol. The summed E-state index contributed by atoms with van der Waals surface area (Å²) >= 11 is 0. The first-order valence-electron chi connectivity index (χ1n) is 9.16. The van der Waals surface area contributed by atoms with Gasteiger partial charge in [0.2, 0.25) is 0 Å². The molecule has 0 heterocycles. The molecule has 0 spiro atoms. The number of nitrogens with zero attached hydrogens (tertiary/aromatic N) is 1. The third-order valence-corrected chi connectivity index (χ3v) is 4.74. The lowest BCUT2D eigenvalue weighted by atomic mass is 9.84. The van der Waals surface area contributed by atoms with Crippen LogP contribution in [-0.4, -0.2) is 33.8 Å². The molecule has 0 aliphatic rings. The maximum Gasteiger partial charge on any atom is 0.191 e. The highest BCUT2D eigenvalue weighted by molar-refractivity contribution is 5.80. The molecule has 2 rings (SSSR count). The van der Waals surface area contributed by atoms with Crippen molar-refractivity contribution in [1.29, 1.82) is 0 Å². The van der Waals surface area contributed by atoms with Crippen LogP contribution in [0.3, 0.4) is 0 Å². The molecule has 0 aromatic heterocycles. The van der Waals surface area contributed by atoms with Crippen LogP contribution in [0.2, 0.25) is 0 Å². The molecule has 1 atom stereocenters. The van der Waals surface area contributed by atoms with Gasteiger partial charge in [-0.15, -0.1) is 0 Å². The summed E-state index contributed by atoms with van der Waals surface area (Å²) in [6.07, 6.45) is 0. The average molecular weight is 370 g/mol. The monoisotopic (exact) mass is 369 g/mol. The van der Waals surface area contributed by atoms with Crippen LogP contribution >= 0.6 is 0 Å². The lowest BCUT2D eigenvalue weighted by molar-refractivity contribution is 0.353. The molecular formula is C22H31N3O2. The van der Waals surface area contributed by atoms with Crippen molar-refractivity contribution in [3.05, 3.63) is 59.7 Å². The number of guanidine groups is 1. The van der Waals surface area contributed by atoms with Crippen molar-refractivity contribution in [3.8, 4) is 11.5 Å². The Morgan fingerprint density at radius 1 is 1.04 bits per heavy atom. The van der Waals surface area contributed by atoms with E-state index in [1.807, 2.05) is 30.3 Å². The fraction of sp³-hybridized carbons (Fsp3) is 0.409. The van der Waals surface area contributed by atoms with Gasteiger partial charge in [-0.3, -0.25) is 4.99 Å². The van der Waals surface area contributed by atoms with Crippen molar-refractivity contribution in [1.82, 2.24) is 10.6 Å². The van der Waals surface area contributed by atoms with Crippen LogP contribution in [0.4, 0.5) is 0 Å². The van der Waals surface area contributed by atoms with E-state index in [0.717, 1.165) is 24.0 Å². The Kier molecular flexibility index (Phi) is 7.11. The Morgan fingerprint density at radius 2 is 1.70 bits per heavy atom. The van der Waals surface area contributed by atoms with Crippen LogP contribution in [0.1, 0.15) is 37.9 Å². The quantitative estimate of drug-likeness (QED) is 0.574. The molecule has 2 N–H and O–H groups in total. The summed E-state index contributed by atoms with van der Waals surface area (Å²) in [4.78, 5) is 4.36. The lowest BCUT2D eigenvalue weighted by Crippen LogP contribution is -2.44. The highest BCUT2D eigenvalue weighted by atomic mass is 16.5. The van der Waals surface area contributed by atoms with Gasteiger partial charge in [0, 0.05) is 19.0 Å². The normalized spacial score (nSPS) is 13.0. The van der Waals surface area contributed by atoms with Gasteiger partial charge in [-0.25, -0.2) is 0 Å². The zero-order chi connectivity index (χ0) is 19.9. The molecule has 0 saturated carbocycles. The first-order chi connectivity index (χ1) is 12.9. The van der Waals surface area contributed by atoms with E-state index in [4.69, 9.17) is 9.47 Å². The fourth-order valence-electron chi connectivity index (χ4n) is 2.89. The molecule has 0 fully saturated rings. The van der Waals surface area contributed by atoms with Crippen LogP contribution in [0.15, 0.2) is 53.5 Å². The minimum Gasteiger partial charge on any atom is -0.493 e. The molecule has 146 valence electrons.